The molecule has 1 fully saturated rings. The number of aryl methyl sites for hydroxylation is 1. The van der Waals surface area contributed by atoms with Crippen LogP contribution in [0.5, 0.6) is 0 Å². The topological polar surface area (TPSA) is 33.1 Å². The molecule has 1 saturated carbocycles. The Balaban J connectivity index is 0.00000180. The second-order valence-electron chi connectivity index (χ2n) is 5.64. The average molecular weight is 323 g/mol. The third-order valence-electron chi connectivity index (χ3n) is 3.77. The Labute approximate surface area is 135 Å². The molecule has 2 rings (SSSR count). The minimum absolute atomic E-state index is 0. The Morgan fingerprint density at radius 3 is 2.55 bits per heavy atom. The SMILES string of the molecule is Cc1nn(C2CCCC2)cc1CNCCN(C)C.Cl.Cl. The van der Waals surface area contributed by atoms with E-state index in [1.807, 2.05) is 0 Å². The molecule has 1 aliphatic carbocycles. The molecule has 0 atom stereocenters. The van der Waals surface area contributed by atoms with Crippen LogP contribution in [-0.2, 0) is 6.54 Å². The first-order valence-electron chi connectivity index (χ1n) is 7.07. The molecule has 1 N–H and O–H groups in total. The lowest BCUT2D eigenvalue weighted by Gasteiger charge is -2.10. The fourth-order valence-electron chi connectivity index (χ4n) is 2.57. The van der Waals surface area contributed by atoms with Gasteiger partial charge in [0, 0.05) is 31.4 Å². The van der Waals surface area contributed by atoms with Crippen molar-refractivity contribution in [2.75, 3.05) is 27.2 Å². The van der Waals surface area contributed by atoms with Gasteiger partial charge in [0.1, 0.15) is 0 Å². The molecule has 1 aliphatic rings. The highest BCUT2D eigenvalue weighted by Crippen LogP contribution is 2.29. The zero-order chi connectivity index (χ0) is 13.0. The molecule has 4 nitrogen and oxygen atoms in total. The Kier molecular flexibility index (Phi) is 9.47. The van der Waals surface area contributed by atoms with E-state index in [1.165, 1.54) is 36.9 Å². The van der Waals surface area contributed by atoms with Gasteiger partial charge in [0.2, 0.25) is 0 Å². The summed E-state index contributed by atoms with van der Waals surface area (Å²) in [6.07, 6.45) is 7.57. The highest BCUT2D eigenvalue weighted by molar-refractivity contribution is 5.85. The quantitative estimate of drug-likeness (QED) is 0.817. The van der Waals surface area contributed by atoms with Gasteiger partial charge in [0.15, 0.2) is 0 Å². The van der Waals surface area contributed by atoms with Crippen LogP contribution in [-0.4, -0.2) is 41.9 Å². The molecule has 6 heteroatoms. The van der Waals surface area contributed by atoms with Crippen LogP contribution in [0.1, 0.15) is 43.0 Å². The van der Waals surface area contributed by atoms with Crippen molar-refractivity contribution in [2.24, 2.45) is 0 Å². The van der Waals surface area contributed by atoms with Crippen LogP contribution in [0, 0.1) is 6.92 Å². The number of hydrogen-bond donors (Lipinski definition) is 1. The molecule has 0 amide bonds. The van der Waals surface area contributed by atoms with E-state index in [1.54, 1.807) is 0 Å². The monoisotopic (exact) mass is 322 g/mol. The van der Waals surface area contributed by atoms with E-state index in [9.17, 15) is 0 Å². The maximum absolute atomic E-state index is 4.67. The van der Waals surface area contributed by atoms with Crippen molar-refractivity contribution in [1.82, 2.24) is 20.0 Å². The summed E-state index contributed by atoms with van der Waals surface area (Å²) in [6.45, 7) is 5.16. The molecule has 0 radical (unpaired) electrons. The fraction of sp³-hybridized carbons (Fsp3) is 0.786. The molecular weight excluding hydrogens is 295 g/mol. The Morgan fingerprint density at radius 2 is 1.95 bits per heavy atom. The first-order chi connectivity index (χ1) is 8.66. The first-order valence-corrected chi connectivity index (χ1v) is 7.07. The van der Waals surface area contributed by atoms with Crippen molar-refractivity contribution in [3.05, 3.63) is 17.5 Å². The van der Waals surface area contributed by atoms with Crippen molar-refractivity contribution in [3.63, 3.8) is 0 Å². The van der Waals surface area contributed by atoms with E-state index >= 15 is 0 Å². The number of rotatable bonds is 6. The summed E-state index contributed by atoms with van der Waals surface area (Å²) in [4.78, 5) is 2.20. The van der Waals surface area contributed by atoms with Crippen LogP contribution in [0.4, 0.5) is 0 Å². The zero-order valence-corrected chi connectivity index (χ0v) is 14.4. The summed E-state index contributed by atoms with van der Waals surface area (Å²) in [5.41, 5.74) is 2.53. The third kappa shape index (κ3) is 5.60. The smallest absolute Gasteiger partial charge is 0.0638 e. The van der Waals surface area contributed by atoms with Crippen molar-refractivity contribution in [3.8, 4) is 0 Å². The van der Waals surface area contributed by atoms with Crippen LogP contribution in [0.2, 0.25) is 0 Å². The van der Waals surface area contributed by atoms with E-state index in [0.717, 1.165) is 19.6 Å². The Hall–Kier alpha value is -0.290. The van der Waals surface area contributed by atoms with E-state index in [4.69, 9.17) is 0 Å². The lowest BCUT2D eigenvalue weighted by atomic mass is 10.2. The third-order valence-corrected chi connectivity index (χ3v) is 3.77. The number of aromatic nitrogens is 2. The Morgan fingerprint density at radius 1 is 1.30 bits per heavy atom. The maximum Gasteiger partial charge on any atom is 0.0638 e. The lowest BCUT2D eigenvalue weighted by molar-refractivity contribution is 0.400. The molecule has 0 aromatic carbocycles. The summed E-state index contributed by atoms with van der Waals surface area (Å²) in [6, 6.07) is 0.652. The molecule has 0 aliphatic heterocycles. The molecule has 1 aromatic heterocycles. The van der Waals surface area contributed by atoms with Gasteiger partial charge in [-0.2, -0.15) is 5.10 Å². The van der Waals surface area contributed by atoms with Gasteiger partial charge in [0.25, 0.3) is 0 Å². The van der Waals surface area contributed by atoms with Crippen molar-refractivity contribution in [2.45, 2.75) is 45.2 Å². The predicted octanol–water partition coefficient (Wildman–Crippen LogP) is 2.80. The summed E-state index contributed by atoms with van der Waals surface area (Å²) in [5.74, 6) is 0. The summed E-state index contributed by atoms with van der Waals surface area (Å²) < 4.78 is 2.20. The molecule has 1 heterocycles. The lowest BCUT2D eigenvalue weighted by Crippen LogP contribution is -2.26. The van der Waals surface area contributed by atoms with Gasteiger partial charge in [-0.3, -0.25) is 4.68 Å². The van der Waals surface area contributed by atoms with Crippen LogP contribution < -0.4 is 5.32 Å². The molecule has 0 bridgehead atoms. The van der Waals surface area contributed by atoms with Gasteiger partial charge in [-0.25, -0.2) is 0 Å². The first kappa shape index (κ1) is 19.7. The van der Waals surface area contributed by atoms with Gasteiger partial charge in [-0.15, -0.1) is 24.8 Å². The summed E-state index contributed by atoms with van der Waals surface area (Å²) in [7, 11) is 4.20. The van der Waals surface area contributed by atoms with E-state index in [0.29, 0.717) is 6.04 Å². The summed E-state index contributed by atoms with van der Waals surface area (Å²) >= 11 is 0. The molecule has 118 valence electrons. The second kappa shape index (κ2) is 9.61. The molecular formula is C14H28Cl2N4. The highest BCUT2D eigenvalue weighted by Gasteiger charge is 2.18. The molecule has 1 aromatic rings. The normalized spacial score (nSPS) is 15.2. The molecule has 0 unspecified atom stereocenters. The standard InChI is InChI=1S/C14H26N4.2ClH/c1-12-13(10-15-8-9-17(2)3)11-18(16-12)14-6-4-5-7-14;;/h11,14-15H,4-10H2,1-3H3;2*1H. The van der Waals surface area contributed by atoms with Crippen LogP contribution in [0.15, 0.2) is 6.20 Å². The zero-order valence-electron chi connectivity index (χ0n) is 12.8. The number of nitrogens with zero attached hydrogens (tertiary/aromatic N) is 3. The van der Waals surface area contributed by atoms with Crippen LogP contribution in [0.25, 0.3) is 0 Å². The predicted molar refractivity (Wildman–Crippen MR) is 89.2 cm³/mol. The number of nitrogens with one attached hydrogen (secondary N) is 1. The summed E-state index contributed by atoms with van der Waals surface area (Å²) in [5, 5.41) is 8.16. The average Bonchev–Trinajstić information content (AvgIpc) is 2.93. The largest absolute Gasteiger partial charge is 0.311 e. The minimum atomic E-state index is 0. The maximum atomic E-state index is 4.67. The Bertz CT molecular complexity index is 373. The van der Waals surface area contributed by atoms with E-state index in [-0.39, 0.29) is 24.8 Å². The van der Waals surface area contributed by atoms with Gasteiger partial charge in [-0.1, -0.05) is 12.8 Å². The highest BCUT2D eigenvalue weighted by atomic mass is 35.5. The van der Waals surface area contributed by atoms with Gasteiger partial charge < -0.3 is 10.2 Å². The molecule has 0 saturated heterocycles. The fourth-order valence-corrected chi connectivity index (χ4v) is 2.57. The van der Waals surface area contributed by atoms with Crippen molar-refractivity contribution in [1.29, 1.82) is 0 Å². The molecule has 20 heavy (non-hydrogen) atoms. The second-order valence-corrected chi connectivity index (χ2v) is 5.64. The number of halogens is 2. The van der Waals surface area contributed by atoms with E-state index in [2.05, 4.69) is 47.2 Å². The van der Waals surface area contributed by atoms with Crippen LogP contribution >= 0.6 is 24.8 Å². The van der Waals surface area contributed by atoms with Gasteiger partial charge >= 0.3 is 0 Å². The number of hydrogen-bond acceptors (Lipinski definition) is 3. The van der Waals surface area contributed by atoms with Gasteiger partial charge in [-0.05, 0) is 33.9 Å². The minimum Gasteiger partial charge on any atom is -0.311 e. The van der Waals surface area contributed by atoms with E-state index < -0.39 is 0 Å². The molecule has 0 spiro atoms. The van der Waals surface area contributed by atoms with Crippen LogP contribution in [0.3, 0.4) is 0 Å². The van der Waals surface area contributed by atoms with Gasteiger partial charge in [0.05, 0.1) is 11.7 Å². The number of likely N-dealkylation sites (N-methyl/N-ethyl adjacent to an activating group) is 1. The van der Waals surface area contributed by atoms with Crippen molar-refractivity contribution >= 4 is 24.8 Å². The van der Waals surface area contributed by atoms with Crippen molar-refractivity contribution < 1.29 is 0 Å².